The SMILES string of the molecule is Cc1cc2c(cc1F)CCN2C(N)C(C)OC(=O)/C=C/C(=O)OC(C)C(N)N1CCc2cc(F)c(C)cc21. The Morgan fingerprint density at radius 2 is 1.16 bits per heavy atom. The van der Waals surface area contributed by atoms with Crippen molar-refractivity contribution in [1.29, 1.82) is 0 Å². The van der Waals surface area contributed by atoms with Crippen LogP contribution >= 0.6 is 0 Å². The predicted molar refractivity (Wildman–Crippen MR) is 141 cm³/mol. The lowest BCUT2D eigenvalue weighted by atomic mass is 10.1. The van der Waals surface area contributed by atoms with Gasteiger partial charge in [0.15, 0.2) is 0 Å². The molecule has 204 valence electrons. The number of carbonyl (C=O) groups excluding carboxylic acids is 2. The number of rotatable bonds is 8. The Labute approximate surface area is 221 Å². The first-order chi connectivity index (χ1) is 18.0. The number of benzene rings is 2. The van der Waals surface area contributed by atoms with Gasteiger partial charge in [0.1, 0.15) is 36.2 Å². The number of nitrogens with two attached hydrogens (primary N) is 2. The summed E-state index contributed by atoms with van der Waals surface area (Å²) in [7, 11) is 0. The third kappa shape index (κ3) is 5.66. The molecule has 2 aromatic rings. The van der Waals surface area contributed by atoms with Crippen LogP contribution in [0.4, 0.5) is 20.2 Å². The largest absolute Gasteiger partial charge is 0.456 e. The van der Waals surface area contributed by atoms with Gasteiger partial charge in [-0.15, -0.1) is 0 Å². The molecule has 4 rings (SSSR count). The van der Waals surface area contributed by atoms with Gasteiger partial charge in [0.2, 0.25) is 0 Å². The number of esters is 2. The highest BCUT2D eigenvalue weighted by Gasteiger charge is 2.31. The molecule has 0 bridgehead atoms. The average Bonchev–Trinajstić information content (AvgIpc) is 3.46. The highest BCUT2D eigenvalue weighted by atomic mass is 19.1. The summed E-state index contributed by atoms with van der Waals surface area (Å²) in [5.74, 6) is -2.02. The minimum absolute atomic E-state index is 0.262. The van der Waals surface area contributed by atoms with E-state index in [4.69, 9.17) is 20.9 Å². The van der Waals surface area contributed by atoms with E-state index in [2.05, 4.69) is 0 Å². The van der Waals surface area contributed by atoms with Gasteiger partial charge in [0.25, 0.3) is 0 Å². The van der Waals surface area contributed by atoms with Crippen LogP contribution in [0.2, 0.25) is 0 Å². The van der Waals surface area contributed by atoms with Crippen LogP contribution in [0.1, 0.15) is 36.1 Å². The standard InChI is InChI=1S/C28H34F2N4O4/c1-15-11-23-19(13-21(15)29)7-9-33(23)27(31)17(3)37-25(35)5-6-26(36)38-18(4)28(32)34-10-8-20-14-22(30)16(2)12-24(20)34/h5-6,11-14,17-18,27-28H,7-10,31-32H2,1-4H3/b6-5+. The summed E-state index contributed by atoms with van der Waals surface area (Å²) in [6.07, 6.45) is 0.564. The van der Waals surface area contributed by atoms with Crippen molar-refractivity contribution in [2.75, 3.05) is 22.9 Å². The summed E-state index contributed by atoms with van der Waals surface area (Å²) in [5.41, 5.74) is 17.1. The van der Waals surface area contributed by atoms with E-state index in [9.17, 15) is 18.4 Å². The van der Waals surface area contributed by atoms with Crippen LogP contribution in [0.25, 0.3) is 0 Å². The maximum Gasteiger partial charge on any atom is 0.331 e. The molecule has 0 radical (unpaired) electrons. The van der Waals surface area contributed by atoms with Gasteiger partial charge in [-0.1, -0.05) is 0 Å². The molecule has 0 spiro atoms. The molecule has 38 heavy (non-hydrogen) atoms. The van der Waals surface area contributed by atoms with Crippen LogP contribution < -0.4 is 21.3 Å². The Morgan fingerprint density at radius 1 is 0.789 bits per heavy atom. The van der Waals surface area contributed by atoms with Crippen molar-refractivity contribution in [1.82, 2.24) is 0 Å². The van der Waals surface area contributed by atoms with Crippen molar-refractivity contribution in [2.24, 2.45) is 11.5 Å². The van der Waals surface area contributed by atoms with Crippen molar-refractivity contribution in [3.63, 3.8) is 0 Å². The second-order valence-corrected chi connectivity index (χ2v) is 9.95. The number of halogens is 2. The first kappa shape index (κ1) is 27.5. The molecule has 8 nitrogen and oxygen atoms in total. The topological polar surface area (TPSA) is 111 Å². The molecule has 0 amide bonds. The van der Waals surface area contributed by atoms with Crippen LogP contribution in [0.15, 0.2) is 36.4 Å². The molecule has 0 saturated heterocycles. The van der Waals surface area contributed by atoms with Crippen molar-refractivity contribution in [3.8, 4) is 0 Å². The molecule has 2 heterocycles. The quantitative estimate of drug-likeness (QED) is 0.398. The summed E-state index contributed by atoms with van der Waals surface area (Å²) in [6, 6.07) is 6.51. The number of nitrogens with zero attached hydrogens (tertiary/aromatic N) is 2. The summed E-state index contributed by atoms with van der Waals surface area (Å²) < 4.78 is 38.6. The Morgan fingerprint density at radius 3 is 1.53 bits per heavy atom. The first-order valence-electron chi connectivity index (χ1n) is 12.7. The number of anilines is 2. The average molecular weight is 529 g/mol. The Kier molecular flexibility index (Phi) is 8.03. The van der Waals surface area contributed by atoms with E-state index < -0.39 is 36.5 Å². The van der Waals surface area contributed by atoms with E-state index in [1.165, 1.54) is 12.1 Å². The lowest BCUT2D eigenvalue weighted by Gasteiger charge is -2.31. The van der Waals surface area contributed by atoms with E-state index in [1.54, 1.807) is 39.8 Å². The normalized spacial score (nSPS) is 17.7. The Balaban J connectivity index is 1.29. The molecule has 2 aliphatic heterocycles. The van der Waals surface area contributed by atoms with Crippen molar-refractivity contribution < 1.29 is 27.8 Å². The molecule has 4 N–H and O–H groups in total. The summed E-state index contributed by atoms with van der Waals surface area (Å²) >= 11 is 0. The molecule has 0 saturated carbocycles. The van der Waals surface area contributed by atoms with Crippen LogP contribution in [0.5, 0.6) is 0 Å². The number of carbonyl (C=O) groups is 2. The van der Waals surface area contributed by atoms with E-state index >= 15 is 0 Å². The fraction of sp³-hybridized carbons (Fsp3) is 0.429. The minimum atomic E-state index is -0.748. The van der Waals surface area contributed by atoms with Gasteiger partial charge in [-0.3, -0.25) is 0 Å². The third-order valence-corrected chi connectivity index (χ3v) is 7.22. The number of hydrogen-bond donors (Lipinski definition) is 2. The molecule has 4 unspecified atom stereocenters. The number of aryl methyl sites for hydroxylation is 2. The fourth-order valence-electron chi connectivity index (χ4n) is 4.92. The highest BCUT2D eigenvalue weighted by molar-refractivity contribution is 5.91. The molecule has 4 atom stereocenters. The molecular formula is C28H34F2N4O4. The fourth-order valence-corrected chi connectivity index (χ4v) is 4.92. The van der Waals surface area contributed by atoms with Crippen molar-refractivity contribution in [3.05, 3.63) is 70.3 Å². The van der Waals surface area contributed by atoms with Gasteiger partial charge < -0.3 is 30.7 Å². The van der Waals surface area contributed by atoms with E-state index in [0.29, 0.717) is 37.1 Å². The van der Waals surface area contributed by atoms with Crippen molar-refractivity contribution >= 4 is 23.3 Å². The predicted octanol–water partition coefficient (Wildman–Crippen LogP) is 3.00. The smallest absolute Gasteiger partial charge is 0.331 e. The Hall–Kier alpha value is -3.50. The maximum atomic E-state index is 13.9. The third-order valence-electron chi connectivity index (χ3n) is 7.22. The second-order valence-electron chi connectivity index (χ2n) is 9.95. The molecular weight excluding hydrogens is 494 g/mol. The van der Waals surface area contributed by atoms with Crippen LogP contribution in [0, 0.1) is 25.5 Å². The van der Waals surface area contributed by atoms with Gasteiger partial charge in [-0.25, -0.2) is 18.4 Å². The molecule has 2 aromatic carbocycles. The zero-order chi connectivity index (χ0) is 27.7. The maximum absolute atomic E-state index is 13.9. The van der Waals surface area contributed by atoms with Crippen LogP contribution in [0.3, 0.4) is 0 Å². The van der Waals surface area contributed by atoms with Gasteiger partial charge in [0.05, 0.1) is 0 Å². The zero-order valence-electron chi connectivity index (χ0n) is 22.0. The van der Waals surface area contributed by atoms with Gasteiger partial charge >= 0.3 is 11.9 Å². The molecule has 0 fully saturated rings. The molecule has 0 aliphatic carbocycles. The van der Waals surface area contributed by atoms with Crippen LogP contribution in [-0.2, 0) is 31.9 Å². The zero-order valence-corrected chi connectivity index (χ0v) is 22.0. The minimum Gasteiger partial charge on any atom is -0.456 e. The lowest BCUT2D eigenvalue weighted by molar-refractivity contribution is -0.146. The lowest BCUT2D eigenvalue weighted by Crippen LogP contribution is -2.50. The van der Waals surface area contributed by atoms with E-state index in [0.717, 1.165) is 34.7 Å². The second kappa shape index (κ2) is 11.1. The number of hydrogen-bond acceptors (Lipinski definition) is 8. The van der Waals surface area contributed by atoms with Gasteiger partial charge in [0, 0.05) is 36.6 Å². The van der Waals surface area contributed by atoms with Crippen LogP contribution in [-0.4, -0.2) is 49.6 Å². The molecule has 2 aliphatic rings. The summed E-state index contributed by atoms with van der Waals surface area (Å²) in [4.78, 5) is 28.5. The monoisotopic (exact) mass is 528 g/mol. The first-order valence-corrected chi connectivity index (χ1v) is 12.7. The summed E-state index contributed by atoms with van der Waals surface area (Å²) in [5, 5.41) is 0. The van der Waals surface area contributed by atoms with E-state index in [-0.39, 0.29) is 11.6 Å². The summed E-state index contributed by atoms with van der Waals surface area (Å²) in [6.45, 7) is 7.85. The molecule has 0 aromatic heterocycles. The number of fused-ring (bicyclic) bond motifs is 2. The van der Waals surface area contributed by atoms with E-state index in [1.807, 2.05) is 9.80 Å². The molecule has 10 heteroatoms. The Bertz CT molecular complexity index is 1170. The van der Waals surface area contributed by atoms with Crippen molar-refractivity contribution in [2.45, 2.75) is 65.1 Å². The van der Waals surface area contributed by atoms with Gasteiger partial charge in [-0.2, -0.15) is 0 Å². The van der Waals surface area contributed by atoms with Gasteiger partial charge in [-0.05, 0) is 87.1 Å². The highest BCUT2D eigenvalue weighted by Crippen LogP contribution is 2.33. The number of ether oxygens (including phenoxy) is 2.